The Balaban J connectivity index is 1.95. The maximum absolute atomic E-state index is 12.2. The topological polar surface area (TPSA) is 92.3 Å². The predicted octanol–water partition coefficient (Wildman–Crippen LogP) is 4.16. The van der Waals surface area contributed by atoms with Gasteiger partial charge in [-0.05, 0) is 30.3 Å². The number of ether oxygens (including phenoxy) is 5. The second-order valence-electron chi connectivity index (χ2n) is 5.96. The van der Waals surface area contributed by atoms with Gasteiger partial charge < -0.3 is 29.0 Å². The quantitative estimate of drug-likeness (QED) is 0.411. The van der Waals surface area contributed by atoms with Crippen molar-refractivity contribution in [3.63, 3.8) is 0 Å². The molecule has 0 saturated carbocycles. The first-order valence-corrected chi connectivity index (χ1v) is 9.34. The third-order valence-corrected chi connectivity index (χ3v) is 4.21. The van der Waals surface area contributed by atoms with Crippen LogP contribution in [0.3, 0.4) is 0 Å². The van der Waals surface area contributed by atoms with Crippen LogP contribution in [-0.4, -0.2) is 46.4 Å². The van der Waals surface area contributed by atoms with E-state index in [4.69, 9.17) is 30.5 Å². The molecule has 0 heterocycles. The molecule has 0 bridgehead atoms. The molecule has 0 saturated heterocycles. The van der Waals surface area contributed by atoms with Gasteiger partial charge in [0.05, 0.1) is 26.4 Å². The van der Waals surface area contributed by atoms with E-state index in [0.717, 1.165) is 6.08 Å². The number of esters is 1. The summed E-state index contributed by atoms with van der Waals surface area (Å²) in [5, 5.41) is 2.30. The molecule has 0 fully saturated rings. The highest BCUT2D eigenvalue weighted by molar-refractivity contribution is 6.32. The Kier molecular flexibility index (Phi) is 9.08. The molecule has 0 aliphatic carbocycles. The zero-order valence-electron chi connectivity index (χ0n) is 17.3. The van der Waals surface area contributed by atoms with Crippen molar-refractivity contribution in [3.05, 3.63) is 47.0 Å². The number of methoxy groups -OCH3 is 3. The molecule has 2 aromatic rings. The largest absolute Gasteiger partial charge is 0.496 e. The Morgan fingerprint density at radius 2 is 1.66 bits per heavy atom. The van der Waals surface area contributed by atoms with E-state index in [0.29, 0.717) is 22.8 Å². The van der Waals surface area contributed by atoms with Crippen molar-refractivity contribution in [2.45, 2.75) is 6.61 Å². The highest BCUT2D eigenvalue weighted by atomic mass is 35.5. The molecule has 0 radical (unpaired) electrons. The number of benzene rings is 2. The van der Waals surface area contributed by atoms with Crippen LogP contribution >= 0.6 is 11.6 Å². The van der Waals surface area contributed by atoms with Crippen molar-refractivity contribution in [1.29, 1.82) is 0 Å². The Morgan fingerprint density at radius 3 is 2.25 bits per heavy atom. The van der Waals surface area contributed by atoms with Crippen LogP contribution in [0.4, 0.5) is 14.5 Å². The smallest absolute Gasteiger partial charge is 0.387 e. The summed E-state index contributed by atoms with van der Waals surface area (Å²) in [5.41, 5.74) is 0.732. The maximum atomic E-state index is 12.2. The average Bonchev–Trinajstić information content (AvgIpc) is 2.77. The number of hydrogen-bond acceptors (Lipinski definition) is 7. The van der Waals surface area contributed by atoms with Crippen molar-refractivity contribution in [2.24, 2.45) is 0 Å². The fraction of sp³-hybridized carbons (Fsp3) is 0.238. The Bertz CT molecular complexity index is 998. The number of anilines is 1. The van der Waals surface area contributed by atoms with Crippen molar-refractivity contribution >= 4 is 35.2 Å². The molecule has 8 nitrogen and oxygen atoms in total. The van der Waals surface area contributed by atoms with Crippen LogP contribution in [0.25, 0.3) is 6.08 Å². The van der Waals surface area contributed by atoms with Crippen molar-refractivity contribution in [3.8, 4) is 23.0 Å². The van der Waals surface area contributed by atoms with Crippen molar-refractivity contribution in [1.82, 2.24) is 0 Å². The summed E-state index contributed by atoms with van der Waals surface area (Å²) < 4.78 is 49.3. The third-order valence-electron chi connectivity index (χ3n) is 3.91. The fourth-order valence-corrected chi connectivity index (χ4v) is 2.72. The normalized spacial score (nSPS) is 10.7. The van der Waals surface area contributed by atoms with Gasteiger partial charge >= 0.3 is 12.6 Å². The summed E-state index contributed by atoms with van der Waals surface area (Å²) in [5.74, 6) is -0.355. The summed E-state index contributed by atoms with van der Waals surface area (Å²) in [6.45, 7) is -3.61. The van der Waals surface area contributed by atoms with Gasteiger partial charge in [-0.1, -0.05) is 11.6 Å². The zero-order chi connectivity index (χ0) is 23.7. The molecule has 2 aromatic carbocycles. The molecule has 11 heteroatoms. The number of alkyl halides is 2. The number of amides is 1. The van der Waals surface area contributed by atoms with Gasteiger partial charge in [0.25, 0.3) is 5.91 Å². The molecular weight excluding hydrogens is 452 g/mol. The Hall–Kier alpha value is -3.53. The monoisotopic (exact) mass is 471 g/mol. The van der Waals surface area contributed by atoms with Crippen molar-refractivity contribution < 1.29 is 42.1 Å². The Morgan fingerprint density at radius 1 is 1.00 bits per heavy atom. The van der Waals surface area contributed by atoms with E-state index in [-0.39, 0.29) is 16.5 Å². The lowest BCUT2D eigenvalue weighted by Crippen LogP contribution is -2.20. The standard InChI is InChI=1S/C21H20ClF2NO7/c1-28-16-10-18(30-3)17(29-2)8-12(16)4-7-20(27)31-11-19(26)25-13-5-6-15(14(22)9-13)32-21(23)24/h4-10,21H,11H2,1-3H3,(H,25,26)/b7-4+. The molecule has 0 spiro atoms. The molecular formula is C21H20ClF2NO7. The molecule has 1 N–H and O–H groups in total. The summed E-state index contributed by atoms with van der Waals surface area (Å²) in [6, 6.07) is 6.92. The van der Waals surface area contributed by atoms with Crippen LogP contribution in [0.1, 0.15) is 5.56 Å². The number of nitrogens with one attached hydrogen (secondary N) is 1. The molecule has 0 atom stereocenters. The number of carbonyl (C=O) groups excluding carboxylic acids is 2. The highest BCUT2D eigenvalue weighted by Crippen LogP contribution is 2.35. The summed E-state index contributed by atoms with van der Waals surface area (Å²) >= 11 is 5.82. The first-order chi connectivity index (χ1) is 15.3. The molecule has 0 aromatic heterocycles. The minimum Gasteiger partial charge on any atom is -0.496 e. The van der Waals surface area contributed by atoms with Gasteiger partial charge in [0, 0.05) is 23.4 Å². The van der Waals surface area contributed by atoms with Crippen LogP contribution in [0.2, 0.25) is 5.02 Å². The lowest BCUT2D eigenvalue weighted by atomic mass is 10.1. The van der Waals surface area contributed by atoms with Gasteiger partial charge in [-0.25, -0.2) is 4.79 Å². The van der Waals surface area contributed by atoms with Crippen LogP contribution in [-0.2, 0) is 14.3 Å². The van der Waals surface area contributed by atoms with E-state index < -0.39 is 25.1 Å². The summed E-state index contributed by atoms with van der Waals surface area (Å²) in [4.78, 5) is 23.9. The molecule has 0 aliphatic heterocycles. The number of carbonyl (C=O) groups is 2. The fourth-order valence-electron chi connectivity index (χ4n) is 2.49. The average molecular weight is 472 g/mol. The Labute approximate surface area is 187 Å². The molecule has 172 valence electrons. The van der Waals surface area contributed by atoms with E-state index >= 15 is 0 Å². The molecule has 0 aliphatic rings. The van der Waals surface area contributed by atoms with E-state index in [1.807, 2.05) is 0 Å². The summed E-state index contributed by atoms with van der Waals surface area (Å²) in [7, 11) is 4.41. The maximum Gasteiger partial charge on any atom is 0.387 e. The summed E-state index contributed by atoms with van der Waals surface area (Å²) in [6.07, 6.45) is 2.55. The second-order valence-corrected chi connectivity index (χ2v) is 6.37. The molecule has 32 heavy (non-hydrogen) atoms. The number of rotatable bonds is 10. The van der Waals surface area contributed by atoms with Gasteiger partial charge in [0.1, 0.15) is 11.5 Å². The first kappa shape index (κ1) is 24.7. The minimum absolute atomic E-state index is 0.119. The zero-order valence-corrected chi connectivity index (χ0v) is 18.1. The van der Waals surface area contributed by atoms with Gasteiger partial charge in [0.15, 0.2) is 18.1 Å². The van der Waals surface area contributed by atoms with Crippen LogP contribution in [0, 0.1) is 0 Å². The third kappa shape index (κ3) is 7.02. The van der Waals surface area contributed by atoms with Crippen molar-refractivity contribution in [2.75, 3.05) is 33.3 Å². The van der Waals surface area contributed by atoms with Gasteiger partial charge in [-0.2, -0.15) is 8.78 Å². The molecule has 0 unspecified atom stereocenters. The highest BCUT2D eigenvalue weighted by Gasteiger charge is 2.12. The lowest BCUT2D eigenvalue weighted by molar-refractivity contribution is -0.142. The van der Waals surface area contributed by atoms with Gasteiger partial charge in [-0.15, -0.1) is 0 Å². The SMILES string of the molecule is COc1cc(OC)c(OC)cc1/C=C/C(=O)OCC(=O)Nc1ccc(OC(F)F)c(Cl)c1. The van der Waals surface area contributed by atoms with E-state index in [1.54, 1.807) is 12.1 Å². The predicted molar refractivity (Wildman–Crippen MR) is 113 cm³/mol. The number of hydrogen-bond donors (Lipinski definition) is 1. The van der Waals surface area contributed by atoms with Gasteiger partial charge in [-0.3, -0.25) is 4.79 Å². The van der Waals surface area contributed by atoms with Crippen LogP contribution < -0.4 is 24.3 Å². The molecule has 2 rings (SSSR count). The minimum atomic E-state index is -3.03. The van der Waals surface area contributed by atoms with E-state index in [2.05, 4.69) is 10.1 Å². The van der Waals surface area contributed by atoms with Gasteiger partial charge in [0.2, 0.25) is 0 Å². The molecule has 1 amide bonds. The van der Waals surface area contributed by atoms with E-state index in [1.165, 1.54) is 45.6 Å². The van der Waals surface area contributed by atoms with E-state index in [9.17, 15) is 18.4 Å². The first-order valence-electron chi connectivity index (χ1n) is 8.96. The van der Waals surface area contributed by atoms with Crippen LogP contribution in [0.5, 0.6) is 23.0 Å². The number of halogens is 3. The second kappa shape index (κ2) is 11.8. The lowest BCUT2D eigenvalue weighted by Gasteiger charge is -2.12. The van der Waals surface area contributed by atoms with Crippen LogP contribution in [0.15, 0.2) is 36.4 Å².